The van der Waals surface area contributed by atoms with Gasteiger partial charge in [-0.3, -0.25) is 4.79 Å². The Balaban J connectivity index is 1.77. The van der Waals surface area contributed by atoms with Crippen molar-refractivity contribution in [1.82, 2.24) is 10.2 Å². The molecular weight excluding hydrogens is 384 g/mol. The minimum atomic E-state index is 0.156. The van der Waals surface area contributed by atoms with Crippen LogP contribution in [-0.4, -0.2) is 36.0 Å². The number of amides is 1. The van der Waals surface area contributed by atoms with E-state index < -0.39 is 0 Å². The van der Waals surface area contributed by atoms with Gasteiger partial charge in [0.15, 0.2) is 0 Å². The average Bonchev–Trinajstić information content (AvgIpc) is 3.11. The van der Waals surface area contributed by atoms with Gasteiger partial charge in [-0.15, -0.1) is 0 Å². The lowest BCUT2D eigenvalue weighted by atomic mass is 10.1. The highest BCUT2D eigenvalue weighted by Gasteiger charge is 2.35. The number of rotatable bonds is 4. The fraction of sp³-hybridized carbons (Fsp3) is 0.533. The van der Waals surface area contributed by atoms with E-state index in [4.69, 9.17) is 0 Å². The molecule has 0 bridgehead atoms. The van der Waals surface area contributed by atoms with Crippen molar-refractivity contribution in [3.05, 3.63) is 32.7 Å². The quantitative estimate of drug-likeness (QED) is 0.836. The van der Waals surface area contributed by atoms with Crippen LogP contribution in [0.15, 0.2) is 27.1 Å². The Bertz CT molecular complexity index is 490. The molecule has 2 aliphatic rings. The van der Waals surface area contributed by atoms with Crippen LogP contribution >= 0.6 is 31.9 Å². The molecule has 1 aliphatic heterocycles. The summed E-state index contributed by atoms with van der Waals surface area (Å²) in [6.45, 7) is 1.92. The first-order valence-electron chi connectivity index (χ1n) is 7.14. The highest BCUT2D eigenvalue weighted by atomic mass is 79.9. The normalized spacial score (nSPS) is 22.0. The lowest BCUT2D eigenvalue weighted by molar-refractivity contribution is 0.0728. The largest absolute Gasteiger partial charge is 0.334 e. The van der Waals surface area contributed by atoms with Gasteiger partial charge >= 0.3 is 0 Å². The SMILES string of the molecule is O=C(c1cc(Br)cc(Br)c1)N(CC1CCCN1)C1CC1. The second-order valence-electron chi connectivity index (χ2n) is 5.64. The minimum absolute atomic E-state index is 0.156. The lowest BCUT2D eigenvalue weighted by Gasteiger charge is -2.26. The molecule has 1 N–H and O–H groups in total. The van der Waals surface area contributed by atoms with Crippen molar-refractivity contribution in [2.75, 3.05) is 13.1 Å². The Kier molecular flexibility index (Phi) is 4.48. The van der Waals surface area contributed by atoms with E-state index in [0.717, 1.165) is 40.4 Å². The number of carbonyl (C=O) groups excluding carboxylic acids is 1. The molecule has 3 rings (SSSR count). The molecule has 1 unspecified atom stereocenters. The molecule has 1 aliphatic carbocycles. The van der Waals surface area contributed by atoms with Gasteiger partial charge in [-0.25, -0.2) is 0 Å². The Labute approximate surface area is 136 Å². The van der Waals surface area contributed by atoms with E-state index in [2.05, 4.69) is 42.1 Å². The summed E-state index contributed by atoms with van der Waals surface area (Å²) in [5, 5.41) is 3.49. The molecule has 1 saturated carbocycles. The van der Waals surface area contributed by atoms with Crippen LogP contribution in [0.5, 0.6) is 0 Å². The summed E-state index contributed by atoms with van der Waals surface area (Å²) in [6, 6.07) is 6.68. The average molecular weight is 402 g/mol. The molecule has 1 amide bonds. The molecule has 0 aromatic heterocycles. The maximum absolute atomic E-state index is 12.8. The topological polar surface area (TPSA) is 32.3 Å². The van der Waals surface area contributed by atoms with Crippen LogP contribution < -0.4 is 5.32 Å². The van der Waals surface area contributed by atoms with Gasteiger partial charge in [0.05, 0.1) is 0 Å². The molecule has 108 valence electrons. The first-order valence-corrected chi connectivity index (χ1v) is 8.72. The van der Waals surface area contributed by atoms with Gasteiger partial charge in [0.2, 0.25) is 0 Å². The Morgan fingerprint density at radius 3 is 2.45 bits per heavy atom. The third kappa shape index (κ3) is 3.43. The van der Waals surface area contributed by atoms with Crippen molar-refractivity contribution in [2.24, 2.45) is 0 Å². The Hall–Kier alpha value is -0.390. The molecule has 1 aromatic carbocycles. The Morgan fingerprint density at radius 2 is 1.90 bits per heavy atom. The van der Waals surface area contributed by atoms with E-state index in [1.165, 1.54) is 12.8 Å². The second-order valence-corrected chi connectivity index (χ2v) is 7.47. The standard InChI is InChI=1S/C15H18Br2N2O/c16-11-6-10(7-12(17)8-11)15(20)19(14-3-4-14)9-13-2-1-5-18-13/h6-8,13-14,18H,1-5,9H2. The number of benzene rings is 1. The van der Waals surface area contributed by atoms with Crippen molar-refractivity contribution in [2.45, 2.75) is 37.8 Å². The van der Waals surface area contributed by atoms with Gasteiger partial charge in [-0.05, 0) is 50.4 Å². The zero-order valence-corrected chi connectivity index (χ0v) is 14.4. The van der Waals surface area contributed by atoms with Gasteiger partial charge in [0, 0.05) is 33.1 Å². The molecule has 1 saturated heterocycles. The first-order chi connectivity index (χ1) is 9.63. The molecule has 0 spiro atoms. The molecule has 2 fully saturated rings. The van der Waals surface area contributed by atoms with Crippen molar-refractivity contribution >= 4 is 37.8 Å². The van der Waals surface area contributed by atoms with Crippen molar-refractivity contribution < 1.29 is 4.79 Å². The van der Waals surface area contributed by atoms with E-state index in [9.17, 15) is 4.79 Å². The Morgan fingerprint density at radius 1 is 1.20 bits per heavy atom. The fourth-order valence-corrected chi connectivity index (χ4v) is 4.07. The highest BCUT2D eigenvalue weighted by molar-refractivity contribution is 9.11. The molecular formula is C15H18Br2N2O. The number of nitrogens with zero attached hydrogens (tertiary/aromatic N) is 1. The summed E-state index contributed by atoms with van der Waals surface area (Å²) < 4.78 is 1.87. The molecule has 5 heteroatoms. The zero-order valence-electron chi connectivity index (χ0n) is 11.2. The van der Waals surface area contributed by atoms with E-state index in [-0.39, 0.29) is 5.91 Å². The third-order valence-corrected chi connectivity index (χ3v) is 4.85. The van der Waals surface area contributed by atoms with Crippen LogP contribution in [0.3, 0.4) is 0 Å². The highest BCUT2D eigenvalue weighted by Crippen LogP contribution is 2.30. The molecule has 1 atom stereocenters. The van der Waals surface area contributed by atoms with E-state index in [1.54, 1.807) is 0 Å². The number of halogens is 2. The number of hydrogen-bond acceptors (Lipinski definition) is 2. The summed E-state index contributed by atoms with van der Waals surface area (Å²) in [6.07, 6.45) is 4.69. The maximum Gasteiger partial charge on any atom is 0.254 e. The van der Waals surface area contributed by atoms with Crippen molar-refractivity contribution in [1.29, 1.82) is 0 Å². The van der Waals surface area contributed by atoms with E-state index in [1.807, 2.05) is 18.2 Å². The summed E-state index contributed by atoms with van der Waals surface area (Å²) in [5.74, 6) is 0.156. The fourth-order valence-electron chi connectivity index (χ4n) is 2.78. The zero-order chi connectivity index (χ0) is 14.1. The van der Waals surface area contributed by atoms with Crippen molar-refractivity contribution in [3.63, 3.8) is 0 Å². The smallest absolute Gasteiger partial charge is 0.254 e. The van der Waals surface area contributed by atoms with E-state index in [0.29, 0.717) is 12.1 Å². The predicted molar refractivity (Wildman–Crippen MR) is 86.9 cm³/mol. The maximum atomic E-state index is 12.8. The summed E-state index contributed by atoms with van der Waals surface area (Å²) in [4.78, 5) is 14.8. The lowest BCUT2D eigenvalue weighted by Crippen LogP contribution is -2.42. The number of hydrogen-bond donors (Lipinski definition) is 1. The van der Waals surface area contributed by atoms with E-state index >= 15 is 0 Å². The van der Waals surface area contributed by atoms with Crippen LogP contribution in [0, 0.1) is 0 Å². The van der Waals surface area contributed by atoms with Gasteiger partial charge < -0.3 is 10.2 Å². The van der Waals surface area contributed by atoms with Gasteiger partial charge in [0.1, 0.15) is 0 Å². The monoisotopic (exact) mass is 400 g/mol. The summed E-state index contributed by atoms with van der Waals surface area (Å²) in [5.41, 5.74) is 0.760. The third-order valence-electron chi connectivity index (χ3n) is 3.94. The minimum Gasteiger partial charge on any atom is -0.334 e. The summed E-state index contributed by atoms with van der Waals surface area (Å²) in [7, 11) is 0. The van der Waals surface area contributed by atoms with Gasteiger partial charge in [-0.1, -0.05) is 31.9 Å². The summed E-state index contributed by atoms with van der Waals surface area (Å²) >= 11 is 6.92. The molecule has 20 heavy (non-hydrogen) atoms. The van der Waals surface area contributed by atoms with Crippen LogP contribution in [-0.2, 0) is 0 Å². The van der Waals surface area contributed by atoms with Crippen LogP contribution in [0.25, 0.3) is 0 Å². The number of carbonyl (C=O) groups is 1. The molecule has 3 nitrogen and oxygen atoms in total. The molecule has 1 heterocycles. The number of nitrogens with one attached hydrogen (secondary N) is 1. The van der Waals surface area contributed by atoms with Crippen LogP contribution in [0.4, 0.5) is 0 Å². The van der Waals surface area contributed by atoms with Crippen LogP contribution in [0.2, 0.25) is 0 Å². The van der Waals surface area contributed by atoms with Gasteiger partial charge in [0.25, 0.3) is 5.91 Å². The van der Waals surface area contributed by atoms with Crippen LogP contribution in [0.1, 0.15) is 36.0 Å². The molecule has 0 radical (unpaired) electrons. The second kappa shape index (κ2) is 6.16. The van der Waals surface area contributed by atoms with Gasteiger partial charge in [-0.2, -0.15) is 0 Å². The predicted octanol–water partition coefficient (Wildman–Crippen LogP) is 3.57. The molecule has 1 aromatic rings. The van der Waals surface area contributed by atoms with Crippen molar-refractivity contribution in [3.8, 4) is 0 Å². The first kappa shape index (κ1) is 14.5.